The number of nitrogens with one attached hydrogen (secondary N) is 1. The highest BCUT2D eigenvalue weighted by atomic mass is 32.2. The van der Waals surface area contributed by atoms with Crippen LogP contribution in [0.2, 0.25) is 0 Å². The molecule has 3 rings (SSSR count). The van der Waals surface area contributed by atoms with Crippen molar-refractivity contribution in [3.8, 4) is 5.75 Å². The van der Waals surface area contributed by atoms with Gasteiger partial charge in [-0.15, -0.1) is 0 Å². The molecule has 1 unspecified atom stereocenters. The van der Waals surface area contributed by atoms with Crippen LogP contribution in [0.3, 0.4) is 0 Å². The summed E-state index contributed by atoms with van der Waals surface area (Å²) in [6.45, 7) is 1.50. The number of benzene rings is 1. The van der Waals surface area contributed by atoms with Gasteiger partial charge >= 0.3 is 0 Å². The molecule has 1 aromatic rings. The van der Waals surface area contributed by atoms with Crippen LogP contribution >= 0.6 is 0 Å². The molecule has 0 spiro atoms. The van der Waals surface area contributed by atoms with Crippen molar-refractivity contribution < 1.29 is 13.2 Å². The van der Waals surface area contributed by atoms with Crippen molar-refractivity contribution in [2.24, 2.45) is 0 Å². The number of hydrogen-bond acceptors (Lipinski definition) is 4. The Balaban J connectivity index is 1.61. The molecule has 1 N–H and O–H groups in total. The fourth-order valence-corrected chi connectivity index (χ4v) is 4.28. The molecule has 98 valence electrons. The van der Waals surface area contributed by atoms with E-state index in [1.807, 2.05) is 12.1 Å². The number of fused-ring (bicyclic) bond motifs is 1. The van der Waals surface area contributed by atoms with Crippen LogP contribution in [0.15, 0.2) is 18.2 Å². The molecule has 1 saturated heterocycles. The predicted octanol–water partition coefficient (Wildman–Crippen LogP) is 0.898. The molecular formula is C13H17NO3S. The van der Waals surface area contributed by atoms with Gasteiger partial charge in [-0.25, -0.2) is 8.42 Å². The lowest BCUT2D eigenvalue weighted by atomic mass is 10.1. The second-order valence-electron chi connectivity index (χ2n) is 5.02. The first-order valence-corrected chi connectivity index (χ1v) is 8.13. The van der Waals surface area contributed by atoms with E-state index < -0.39 is 9.84 Å². The molecule has 0 radical (unpaired) electrons. The Morgan fingerprint density at radius 2 is 2.28 bits per heavy atom. The molecule has 5 heteroatoms. The molecule has 1 fully saturated rings. The summed E-state index contributed by atoms with van der Waals surface area (Å²) in [7, 11) is -2.79. The van der Waals surface area contributed by atoms with Crippen molar-refractivity contribution in [3.05, 3.63) is 29.3 Å². The third kappa shape index (κ3) is 2.52. The van der Waals surface area contributed by atoms with E-state index in [-0.39, 0.29) is 11.8 Å². The highest BCUT2D eigenvalue weighted by Gasteiger charge is 2.27. The van der Waals surface area contributed by atoms with Crippen LogP contribution in [-0.2, 0) is 22.8 Å². The van der Waals surface area contributed by atoms with Crippen LogP contribution in [0.5, 0.6) is 5.75 Å². The van der Waals surface area contributed by atoms with Gasteiger partial charge in [0.15, 0.2) is 9.84 Å². The van der Waals surface area contributed by atoms with Gasteiger partial charge in [0.05, 0.1) is 18.1 Å². The molecular weight excluding hydrogens is 250 g/mol. The van der Waals surface area contributed by atoms with E-state index in [1.165, 1.54) is 11.1 Å². The van der Waals surface area contributed by atoms with Crippen molar-refractivity contribution in [2.45, 2.75) is 25.4 Å². The Morgan fingerprint density at radius 3 is 3.06 bits per heavy atom. The van der Waals surface area contributed by atoms with Crippen LogP contribution in [0.1, 0.15) is 17.5 Å². The van der Waals surface area contributed by atoms with Gasteiger partial charge < -0.3 is 10.1 Å². The zero-order valence-corrected chi connectivity index (χ0v) is 11.0. The van der Waals surface area contributed by atoms with Crippen LogP contribution in [0, 0.1) is 0 Å². The van der Waals surface area contributed by atoms with Crippen molar-refractivity contribution in [1.29, 1.82) is 0 Å². The first-order valence-electron chi connectivity index (χ1n) is 6.31. The van der Waals surface area contributed by atoms with Crippen molar-refractivity contribution in [3.63, 3.8) is 0 Å². The lowest BCUT2D eigenvalue weighted by Crippen LogP contribution is -2.29. The molecule has 4 nitrogen and oxygen atoms in total. The van der Waals surface area contributed by atoms with Gasteiger partial charge in [0.25, 0.3) is 0 Å². The third-order valence-corrected chi connectivity index (χ3v) is 5.35. The minimum Gasteiger partial charge on any atom is -0.493 e. The normalized spacial score (nSPS) is 24.8. The first-order chi connectivity index (χ1) is 8.62. The number of rotatable bonds is 3. The number of ether oxygens (including phenoxy) is 1. The molecule has 0 saturated carbocycles. The van der Waals surface area contributed by atoms with E-state index >= 15 is 0 Å². The van der Waals surface area contributed by atoms with E-state index in [9.17, 15) is 8.42 Å². The summed E-state index contributed by atoms with van der Waals surface area (Å²) in [5.74, 6) is 1.59. The monoisotopic (exact) mass is 267 g/mol. The predicted molar refractivity (Wildman–Crippen MR) is 69.5 cm³/mol. The number of hydrogen-bond donors (Lipinski definition) is 1. The van der Waals surface area contributed by atoms with Gasteiger partial charge in [-0.2, -0.15) is 0 Å². The topological polar surface area (TPSA) is 55.4 Å². The van der Waals surface area contributed by atoms with E-state index in [0.717, 1.165) is 31.7 Å². The molecule has 2 aliphatic rings. The highest BCUT2D eigenvalue weighted by Crippen LogP contribution is 2.25. The fraction of sp³-hybridized carbons (Fsp3) is 0.538. The Hall–Kier alpha value is -1.07. The third-order valence-electron chi connectivity index (χ3n) is 3.58. The maximum absolute atomic E-state index is 11.3. The lowest BCUT2D eigenvalue weighted by molar-refractivity contribution is 0.357. The molecule has 0 amide bonds. The zero-order valence-electron chi connectivity index (χ0n) is 10.2. The van der Waals surface area contributed by atoms with Crippen molar-refractivity contribution in [1.82, 2.24) is 5.32 Å². The summed E-state index contributed by atoms with van der Waals surface area (Å²) >= 11 is 0. The van der Waals surface area contributed by atoms with Crippen LogP contribution in [0.4, 0.5) is 0 Å². The quantitative estimate of drug-likeness (QED) is 0.884. The molecule has 2 heterocycles. The van der Waals surface area contributed by atoms with Gasteiger partial charge in [-0.05, 0) is 23.6 Å². The number of sulfone groups is 1. The SMILES string of the molecule is O=S1(=O)CCC(NCc2ccc3c(c2)CCO3)C1. The molecule has 0 aromatic heterocycles. The Kier molecular flexibility index (Phi) is 3.03. The van der Waals surface area contributed by atoms with E-state index in [1.54, 1.807) is 0 Å². The second-order valence-corrected chi connectivity index (χ2v) is 7.25. The summed E-state index contributed by atoms with van der Waals surface area (Å²) in [5, 5.41) is 3.32. The lowest BCUT2D eigenvalue weighted by Gasteiger charge is -2.11. The maximum atomic E-state index is 11.3. The van der Waals surface area contributed by atoms with Gasteiger partial charge in [0.2, 0.25) is 0 Å². The van der Waals surface area contributed by atoms with Gasteiger partial charge in [0, 0.05) is 19.0 Å². The molecule has 0 bridgehead atoms. The zero-order chi connectivity index (χ0) is 12.6. The average Bonchev–Trinajstić information content (AvgIpc) is 2.92. The van der Waals surface area contributed by atoms with Gasteiger partial charge in [-0.1, -0.05) is 12.1 Å². The van der Waals surface area contributed by atoms with Crippen molar-refractivity contribution >= 4 is 9.84 Å². The molecule has 18 heavy (non-hydrogen) atoms. The minimum absolute atomic E-state index is 0.111. The summed E-state index contributed by atoms with van der Waals surface area (Å²) in [6, 6.07) is 6.31. The summed E-state index contributed by atoms with van der Waals surface area (Å²) < 4.78 is 28.2. The molecule has 1 atom stereocenters. The van der Waals surface area contributed by atoms with Crippen molar-refractivity contribution in [2.75, 3.05) is 18.1 Å². The second kappa shape index (κ2) is 4.55. The van der Waals surface area contributed by atoms with Crippen LogP contribution in [-0.4, -0.2) is 32.6 Å². The van der Waals surface area contributed by atoms with E-state index in [0.29, 0.717) is 5.75 Å². The fourth-order valence-electron chi connectivity index (χ4n) is 2.57. The Morgan fingerprint density at radius 1 is 1.39 bits per heavy atom. The molecule has 0 aliphatic carbocycles. The van der Waals surface area contributed by atoms with Gasteiger partial charge in [-0.3, -0.25) is 0 Å². The molecule has 1 aromatic carbocycles. The first kappa shape index (κ1) is 12.0. The molecule has 2 aliphatic heterocycles. The standard InChI is InChI=1S/C13H17NO3S/c15-18(16)6-4-12(9-18)14-8-10-1-2-13-11(7-10)3-5-17-13/h1-2,7,12,14H,3-6,8-9H2. The van der Waals surface area contributed by atoms with Gasteiger partial charge in [0.1, 0.15) is 5.75 Å². The summed E-state index contributed by atoms with van der Waals surface area (Å²) in [5.41, 5.74) is 2.46. The Labute approximate surface area is 107 Å². The maximum Gasteiger partial charge on any atom is 0.151 e. The van der Waals surface area contributed by atoms with E-state index in [4.69, 9.17) is 4.74 Å². The highest BCUT2D eigenvalue weighted by molar-refractivity contribution is 7.91. The Bertz CT molecular complexity index is 553. The summed E-state index contributed by atoms with van der Waals surface area (Å²) in [4.78, 5) is 0. The smallest absolute Gasteiger partial charge is 0.151 e. The van der Waals surface area contributed by atoms with Crippen LogP contribution < -0.4 is 10.1 Å². The van der Waals surface area contributed by atoms with E-state index in [2.05, 4.69) is 11.4 Å². The largest absolute Gasteiger partial charge is 0.493 e. The summed E-state index contributed by atoms with van der Waals surface area (Å²) in [6.07, 6.45) is 1.71. The van der Waals surface area contributed by atoms with Crippen LogP contribution in [0.25, 0.3) is 0 Å². The average molecular weight is 267 g/mol. The minimum atomic E-state index is -2.79.